The number of benzene rings is 2. The van der Waals surface area contributed by atoms with Gasteiger partial charge >= 0.3 is 0 Å². The van der Waals surface area contributed by atoms with Crippen LogP contribution in [0.1, 0.15) is 11.1 Å². The molecule has 0 atom stereocenters. The summed E-state index contributed by atoms with van der Waals surface area (Å²) in [6.45, 7) is 0. The maximum Gasteiger partial charge on any atom is 0.0294 e. The Morgan fingerprint density at radius 1 is 0.938 bits per heavy atom. The third-order valence-corrected chi connectivity index (χ3v) is 3.89. The second-order valence-corrected chi connectivity index (χ2v) is 4.76. The normalized spacial score (nSPS) is 12.8. The second-order valence-electron chi connectivity index (χ2n) is 3.97. The lowest BCUT2D eigenvalue weighted by molar-refractivity contribution is 1.29. The van der Waals surface area contributed by atoms with E-state index < -0.39 is 0 Å². The van der Waals surface area contributed by atoms with Crippen molar-refractivity contribution in [3.05, 3.63) is 64.1 Å². The van der Waals surface area contributed by atoms with Crippen LogP contribution in [-0.4, -0.2) is 0 Å². The molecule has 0 nitrogen and oxygen atoms in total. The molecule has 16 heavy (non-hydrogen) atoms. The molecule has 2 aromatic rings. The Kier molecular flexibility index (Phi) is 2.41. The lowest BCUT2D eigenvalue weighted by atomic mass is 10.0. The molecule has 0 unspecified atom stereocenters. The van der Waals surface area contributed by atoms with Gasteiger partial charge in [0, 0.05) is 4.47 Å². The molecule has 0 radical (unpaired) electrons. The molecule has 0 amide bonds. The summed E-state index contributed by atoms with van der Waals surface area (Å²) in [6, 6.07) is 14.9. The summed E-state index contributed by atoms with van der Waals surface area (Å²) in [5.41, 5.74) is 5.29. The fourth-order valence-electron chi connectivity index (χ4n) is 2.14. The van der Waals surface area contributed by atoms with Gasteiger partial charge in [0.1, 0.15) is 0 Å². The maximum absolute atomic E-state index is 3.73. The number of allylic oxidation sites excluding steroid dienone is 1. The number of hydrogen-bond donors (Lipinski definition) is 0. The monoisotopic (exact) mass is 270 g/mol. The fraction of sp³-hybridized carbons (Fsp3) is 0.0667. The molecule has 3 rings (SSSR count). The van der Waals surface area contributed by atoms with Crippen LogP contribution in [0.4, 0.5) is 0 Å². The SMILES string of the molecule is Brc1c(-c2ccccc2)ccc2c1CC=C2. The van der Waals surface area contributed by atoms with Gasteiger partial charge in [-0.1, -0.05) is 54.6 Å². The number of halogens is 1. The van der Waals surface area contributed by atoms with E-state index in [1.54, 1.807) is 0 Å². The van der Waals surface area contributed by atoms with Crippen LogP contribution < -0.4 is 0 Å². The average molecular weight is 271 g/mol. The maximum atomic E-state index is 3.73. The van der Waals surface area contributed by atoms with Crippen molar-refractivity contribution in [1.29, 1.82) is 0 Å². The van der Waals surface area contributed by atoms with Gasteiger partial charge in [0.2, 0.25) is 0 Å². The van der Waals surface area contributed by atoms with Gasteiger partial charge in [-0.3, -0.25) is 0 Å². The third kappa shape index (κ3) is 1.52. The van der Waals surface area contributed by atoms with Crippen molar-refractivity contribution in [2.24, 2.45) is 0 Å². The van der Waals surface area contributed by atoms with Crippen molar-refractivity contribution in [3.8, 4) is 11.1 Å². The molecule has 0 spiro atoms. The third-order valence-electron chi connectivity index (χ3n) is 2.98. The highest BCUT2D eigenvalue weighted by Crippen LogP contribution is 2.35. The van der Waals surface area contributed by atoms with Crippen molar-refractivity contribution in [3.63, 3.8) is 0 Å². The van der Waals surface area contributed by atoms with Gasteiger partial charge in [0.15, 0.2) is 0 Å². The smallest absolute Gasteiger partial charge is 0.0294 e. The molecule has 0 aromatic heterocycles. The summed E-state index contributed by atoms with van der Waals surface area (Å²) < 4.78 is 1.24. The molecule has 0 saturated carbocycles. The van der Waals surface area contributed by atoms with E-state index in [9.17, 15) is 0 Å². The fourth-order valence-corrected chi connectivity index (χ4v) is 2.90. The highest BCUT2D eigenvalue weighted by molar-refractivity contribution is 9.10. The predicted octanol–water partition coefficient (Wildman–Crippen LogP) is 4.69. The van der Waals surface area contributed by atoms with Gasteiger partial charge in [-0.25, -0.2) is 0 Å². The minimum Gasteiger partial charge on any atom is -0.0795 e. The molecule has 78 valence electrons. The van der Waals surface area contributed by atoms with E-state index in [0.717, 1.165) is 6.42 Å². The zero-order valence-electron chi connectivity index (χ0n) is 8.78. The molecule has 1 heteroatoms. The highest BCUT2D eigenvalue weighted by Gasteiger charge is 2.12. The van der Waals surface area contributed by atoms with E-state index in [2.05, 4.69) is 64.5 Å². The van der Waals surface area contributed by atoms with Crippen LogP contribution in [0.5, 0.6) is 0 Å². The van der Waals surface area contributed by atoms with Crippen molar-refractivity contribution < 1.29 is 0 Å². The average Bonchev–Trinajstić information content (AvgIpc) is 2.80. The van der Waals surface area contributed by atoms with Gasteiger partial charge in [-0.05, 0) is 44.6 Å². The van der Waals surface area contributed by atoms with Crippen LogP contribution >= 0.6 is 15.9 Å². The zero-order chi connectivity index (χ0) is 11.0. The molecule has 0 saturated heterocycles. The molecule has 0 heterocycles. The van der Waals surface area contributed by atoms with Crippen molar-refractivity contribution in [2.45, 2.75) is 6.42 Å². The molecule has 0 N–H and O–H groups in total. The molecule has 0 bridgehead atoms. The summed E-state index contributed by atoms with van der Waals surface area (Å²) in [7, 11) is 0. The molecule has 1 aliphatic rings. The topological polar surface area (TPSA) is 0 Å². The van der Waals surface area contributed by atoms with Crippen LogP contribution in [0, 0.1) is 0 Å². The van der Waals surface area contributed by atoms with Crippen LogP contribution in [0.2, 0.25) is 0 Å². The van der Waals surface area contributed by atoms with Crippen LogP contribution in [0.3, 0.4) is 0 Å². The molecular weight excluding hydrogens is 260 g/mol. The van der Waals surface area contributed by atoms with Gasteiger partial charge in [0.05, 0.1) is 0 Å². The van der Waals surface area contributed by atoms with Crippen molar-refractivity contribution in [1.82, 2.24) is 0 Å². The van der Waals surface area contributed by atoms with Crippen LogP contribution in [0.15, 0.2) is 53.0 Å². The minimum atomic E-state index is 1.04. The molecule has 1 aliphatic carbocycles. The first kappa shape index (κ1) is 9.86. The first-order valence-electron chi connectivity index (χ1n) is 5.39. The lowest BCUT2D eigenvalue weighted by Crippen LogP contribution is -1.88. The zero-order valence-corrected chi connectivity index (χ0v) is 10.4. The standard InChI is InChI=1S/C15H11Br/c16-15-13-8-4-7-12(13)9-10-14(15)11-5-2-1-3-6-11/h1-7,9-10H,8H2. The first-order chi connectivity index (χ1) is 7.86. The van der Waals surface area contributed by atoms with Crippen molar-refractivity contribution in [2.75, 3.05) is 0 Å². The van der Waals surface area contributed by atoms with E-state index in [1.165, 1.54) is 26.7 Å². The molecule has 0 fully saturated rings. The van der Waals surface area contributed by atoms with Crippen LogP contribution in [-0.2, 0) is 6.42 Å². The van der Waals surface area contributed by atoms with E-state index in [1.807, 2.05) is 6.07 Å². The number of fused-ring (bicyclic) bond motifs is 1. The molecule has 0 aliphatic heterocycles. The summed E-state index contributed by atoms with van der Waals surface area (Å²) in [5.74, 6) is 0. The largest absolute Gasteiger partial charge is 0.0795 e. The van der Waals surface area contributed by atoms with E-state index in [0.29, 0.717) is 0 Å². The summed E-state index contributed by atoms with van der Waals surface area (Å²) in [4.78, 5) is 0. The molecule has 2 aromatic carbocycles. The number of rotatable bonds is 1. The van der Waals surface area contributed by atoms with Crippen molar-refractivity contribution >= 4 is 22.0 Å². The van der Waals surface area contributed by atoms with Crippen LogP contribution in [0.25, 0.3) is 17.2 Å². The minimum absolute atomic E-state index is 1.04. The quantitative estimate of drug-likeness (QED) is 0.706. The Morgan fingerprint density at radius 2 is 1.75 bits per heavy atom. The predicted molar refractivity (Wildman–Crippen MR) is 72.3 cm³/mol. The van der Waals surface area contributed by atoms with E-state index in [4.69, 9.17) is 0 Å². The van der Waals surface area contributed by atoms with Gasteiger partial charge < -0.3 is 0 Å². The van der Waals surface area contributed by atoms with E-state index >= 15 is 0 Å². The molecular formula is C15H11Br. The summed E-state index contributed by atoms with van der Waals surface area (Å²) in [6.07, 6.45) is 5.44. The Bertz CT molecular complexity index is 553. The summed E-state index contributed by atoms with van der Waals surface area (Å²) in [5, 5.41) is 0. The van der Waals surface area contributed by atoms with E-state index in [-0.39, 0.29) is 0 Å². The second kappa shape index (κ2) is 3.91. The Hall–Kier alpha value is -1.34. The Balaban J connectivity index is 2.18. The lowest BCUT2D eigenvalue weighted by Gasteiger charge is -2.09. The number of hydrogen-bond acceptors (Lipinski definition) is 0. The summed E-state index contributed by atoms with van der Waals surface area (Å²) >= 11 is 3.73. The Morgan fingerprint density at radius 3 is 2.56 bits per heavy atom. The first-order valence-corrected chi connectivity index (χ1v) is 6.19. The highest BCUT2D eigenvalue weighted by atomic mass is 79.9. The van der Waals surface area contributed by atoms with Gasteiger partial charge in [-0.15, -0.1) is 0 Å². The van der Waals surface area contributed by atoms with Gasteiger partial charge in [0.25, 0.3) is 0 Å². The Labute approximate surface area is 104 Å². The van der Waals surface area contributed by atoms with Gasteiger partial charge in [-0.2, -0.15) is 0 Å².